The number of nitrogens with one attached hydrogen (secondary N) is 1. The van der Waals surface area contributed by atoms with Crippen molar-refractivity contribution in [1.82, 2.24) is 5.43 Å². The lowest BCUT2D eigenvalue weighted by Gasteiger charge is -2.22. The van der Waals surface area contributed by atoms with Crippen LogP contribution in [-0.2, 0) is 4.79 Å². The molecule has 3 rings (SSSR count). The first-order chi connectivity index (χ1) is 14.5. The van der Waals surface area contributed by atoms with Crippen LogP contribution in [0.1, 0.15) is 15.9 Å². The average molecular weight is 400 g/mol. The number of hydrazone groups is 1. The van der Waals surface area contributed by atoms with Crippen LogP contribution in [0.4, 0.5) is 11.4 Å². The summed E-state index contributed by atoms with van der Waals surface area (Å²) in [6.07, 6.45) is 1.57. The molecule has 0 spiro atoms. The first-order valence-corrected chi connectivity index (χ1v) is 9.56. The quantitative estimate of drug-likeness (QED) is 0.487. The Labute approximate surface area is 176 Å². The van der Waals surface area contributed by atoms with E-state index in [1.807, 2.05) is 67.5 Å². The van der Waals surface area contributed by atoms with Crippen molar-refractivity contribution in [1.29, 1.82) is 0 Å². The van der Waals surface area contributed by atoms with Crippen molar-refractivity contribution in [2.24, 2.45) is 5.10 Å². The van der Waals surface area contributed by atoms with Gasteiger partial charge in [0.15, 0.2) is 0 Å². The van der Waals surface area contributed by atoms with Gasteiger partial charge in [-0.25, -0.2) is 5.43 Å². The molecule has 6 nitrogen and oxygen atoms in total. The molecule has 0 aromatic heterocycles. The van der Waals surface area contributed by atoms with E-state index >= 15 is 0 Å². The number of anilines is 2. The number of carbonyl (C=O) groups is 2. The summed E-state index contributed by atoms with van der Waals surface area (Å²) in [5, 5.41) is 4.02. The third-order valence-corrected chi connectivity index (χ3v) is 4.45. The Balaban J connectivity index is 1.68. The van der Waals surface area contributed by atoms with E-state index < -0.39 is 0 Å². The highest BCUT2D eigenvalue weighted by Gasteiger charge is 2.20. The molecule has 30 heavy (non-hydrogen) atoms. The fourth-order valence-electron chi connectivity index (χ4n) is 2.84. The van der Waals surface area contributed by atoms with E-state index in [4.69, 9.17) is 0 Å². The maximum Gasteiger partial charge on any atom is 0.260 e. The molecule has 0 aliphatic heterocycles. The zero-order chi connectivity index (χ0) is 21.3. The van der Waals surface area contributed by atoms with Crippen molar-refractivity contribution in [3.63, 3.8) is 0 Å². The summed E-state index contributed by atoms with van der Waals surface area (Å²) in [6.45, 7) is -0.144. The molecule has 0 radical (unpaired) electrons. The van der Waals surface area contributed by atoms with E-state index in [2.05, 4.69) is 10.5 Å². The van der Waals surface area contributed by atoms with Crippen molar-refractivity contribution in [2.45, 2.75) is 0 Å². The first kappa shape index (κ1) is 20.8. The fourth-order valence-corrected chi connectivity index (χ4v) is 2.84. The summed E-state index contributed by atoms with van der Waals surface area (Å²) < 4.78 is 0. The van der Waals surface area contributed by atoms with Crippen LogP contribution in [0.2, 0.25) is 0 Å². The number of para-hydroxylation sites is 1. The molecular formula is C24H24N4O2. The lowest BCUT2D eigenvalue weighted by Crippen LogP contribution is -2.39. The van der Waals surface area contributed by atoms with Crippen molar-refractivity contribution >= 4 is 29.4 Å². The smallest absolute Gasteiger partial charge is 0.260 e. The molecule has 2 amide bonds. The van der Waals surface area contributed by atoms with Crippen molar-refractivity contribution in [2.75, 3.05) is 30.4 Å². The second-order valence-corrected chi connectivity index (χ2v) is 6.87. The molecule has 3 aromatic carbocycles. The molecule has 3 aromatic rings. The summed E-state index contributed by atoms with van der Waals surface area (Å²) in [4.78, 5) is 28.9. The maximum absolute atomic E-state index is 13.0. The second kappa shape index (κ2) is 10.0. The number of benzene rings is 3. The van der Waals surface area contributed by atoms with Gasteiger partial charge in [0.05, 0.1) is 6.21 Å². The highest BCUT2D eigenvalue weighted by atomic mass is 16.2. The molecule has 1 N–H and O–H groups in total. The van der Waals surface area contributed by atoms with Crippen LogP contribution >= 0.6 is 0 Å². The van der Waals surface area contributed by atoms with Gasteiger partial charge in [0.2, 0.25) is 0 Å². The summed E-state index contributed by atoms with van der Waals surface area (Å²) >= 11 is 0. The molecule has 0 aliphatic carbocycles. The Kier molecular flexibility index (Phi) is 6.95. The van der Waals surface area contributed by atoms with Gasteiger partial charge in [-0.3, -0.25) is 14.5 Å². The predicted octanol–water partition coefficient (Wildman–Crippen LogP) is 3.55. The van der Waals surface area contributed by atoms with E-state index in [9.17, 15) is 9.59 Å². The summed E-state index contributed by atoms with van der Waals surface area (Å²) in [5.74, 6) is -0.635. The molecule has 0 heterocycles. The highest BCUT2D eigenvalue weighted by molar-refractivity contribution is 6.08. The van der Waals surface area contributed by atoms with Crippen molar-refractivity contribution in [3.8, 4) is 0 Å². The molecule has 0 atom stereocenters. The van der Waals surface area contributed by atoms with Gasteiger partial charge in [-0.1, -0.05) is 48.5 Å². The van der Waals surface area contributed by atoms with Crippen molar-refractivity contribution in [3.05, 3.63) is 96.1 Å². The second-order valence-electron chi connectivity index (χ2n) is 6.87. The Hall–Kier alpha value is -3.93. The molecule has 0 unspecified atom stereocenters. The van der Waals surface area contributed by atoms with Gasteiger partial charge in [-0.2, -0.15) is 5.10 Å². The largest absolute Gasteiger partial charge is 0.378 e. The number of nitrogens with zero attached hydrogens (tertiary/aromatic N) is 3. The van der Waals surface area contributed by atoms with Gasteiger partial charge in [0.25, 0.3) is 11.8 Å². The van der Waals surface area contributed by atoms with E-state index in [0.29, 0.717) is 11.3 Å². The van der Waals surface area contributed by atoms with Crippen LogP contribution in [0.3, 0.4) is 0 Å². The lowest BCUT2D eigenvalue weighted by atomic mass is 10.2. The van der Waals surface area contributed by atoms with Gasteiger partial charge in [0.1, 0.15) is 6.54 Å². The van der Waals surface area contributed by atoms with Gasteiger partial charge in [0, 0.05) is 31.0 Å². The van der Waals surface area contributed by atoms with Crippen molar-refractivity contribution < 1.29 is 9.59 Å². The molecule has 0 fully saturated rings. The maximum atomic E-state index is 13.0. The average Bonchev–Trinajstić information content (AvgIpc) is 2.78. The summed E-state index contributed by atoms with van der Waals surface area (Å²) in [5.41, 5.74) is 5.60. The monoisotopic (exact) mass is 400 g/mol. The van der Waals surface area contributed by atoms with Gasteiger partial charge < -0.3 is 4.90 Å². The SMILES string of the molecule is CN(C)c1ccc(C=NNC(=O)CN(C(=O)c2ccccc2)c2ccccc2)cc1. The summed E-state index contributed by atoms with van der Waals surface area (Å²) in [7, 11) is 3.94. The van der Waals surface area contributed by atoms with E-state index in [-0.39, 0.29) is 18.4 Å². The molecule has 6 heteroatoms. The molecule has 0 bridgehead atoms. The third kappa shape index (κ3) is 5.54. The molecule has 0 saturated carbocycles. The molecular weight excluding hydrogens is 376 g/mol. The highest BCUT2D eigenvalue weighted by Crippen LogP contribution is 2.16. The van der Waals surface area contributed by atoms with Crippen LogP contribution in [0.5, 0.6) is 0 Å². The number of hydrogen-bond donors (Lipinski definition) is 1. The number of amides is 2. The van der Waals surface area contributed by atoms with Crippen LogP contribution in [0, 0.1) is 0 Å². The zero-order valence-corrected chi connectivity index (χ0v) is 17.0. The number of hydrogen-bond acceptors (Lipinski definition) is 4. The summed E-state index contributed by atoms with van der Waals surface area (Å²) in [6, 6.07) is 25.8. The van der Waals surface area contributed by atoms with Crippen LogP contribution in [0.25, 0.3) is 0 Å². The predicted molar refractivity (Wildman–Crippen MR) is 121 cm³/mol. The molecule has 0 aliphatic rings. The third-order valence-electron chi connectivity index (χ3n) is 4.45. The van der Waals surface area contributed by atoms with E-state index in [0.717, 1.165) is 11.3 Å². The fraction of sp³-hybridized carbons (Fsp3) is 0.125. The van der Waals surface area contributed by atoms with E-state index in [1.165, 1.54) is 4.90 Å². The Morgan fingerprint density at radius 1 is 0.833 bits per heavy atom. The number of rotatable bonds is 7. The Morgan fingerprint density at radius 2 is 1.43 bits per heavy atom. The lowest BCUT2D eigenvalue weighted by molar-refractivity contribution is -0.119. The Bertz CT molecular complexity index is 1000. The minimum atomic E-state index is -0.385. The van der Waals surface area contributed by atoms with E-state index in [1.54, 1.807) is 42.6 Å². The zero-order valence-electron chi connectivity index (χ0n) is 17.0. The first-order valence-electron chi connectivity index (χ1n) is 9.56. The van der Waals surface area contributed by atoms with Crippen LogP contribution in [0.15, 0.2) is 90.0 Å². The van der Waals surface area contributed by atoms with Crippen LogP contribution < -0.4 is 15.2 Å². The number of carbonyl (C=O) groups excluding carboxylic acids is 2. The standard InChI is InChI=1S/C24H24N4O2/c1-27(2)21-15-13-19(14-16-21)17-25-26-23(29)18-28(22-11-7-4-8-12-22)24(30)20-9-5-3-6-10-20/h3-17H,18H2,1-2H3,(H,26,29). The minimum absolute atomic E-state index is 0.144. The van der Waals surface area contributed by atoms with Gasteiger partial charge in [-0.05, 0) is 42.0 Å². The minimum Gasteiger partial charge on any atom is -0.378 e. The van der Waals surface area contributed by atoms with Gasteiger partial charge >= 0.3 is 0 Å². The van der Waals surface area contributed by atoms with Gasteiger partial charge in [-0.15, -0.1) is 0 Å². The molecule has 0 saturated heterocycles. The topological polar surface area (TPSA) is 65.0 Å². The normalized spacial score (nSPS) is 10.6. The molecule has 152 valence electrons. The Morgan fingerprint density at radius 3 is 2.03 bits per heavy atom. The van der Waals surface area contributed by atoms with Crippen LogP contribution in [-0.4, -0.2) is 38.7 Å².